The van der Waals surface area contributed by atoms with E-state index in [0.717, 1.165) is 29.9 Å². The van der Waals surface area contributed by atoms with Crippen LogP contribution in [0.2, 0.25) is 5.02 Å². The first-order valence-electron chi connectivity index (χ1n) is 9.54. The van der Waals surface area contributed by atoms with Gasteiger partial charge in [0.05, 0.1) is 18.9 Å². The molecule has 0 bridgehead atoms. The summed E-state index contributed by atoms with van der Waals surface area (Å²) in [5, 5.41) is 3.19. The van der Waals surface area contributed by atoms with Crippen LogP contribution in [0, 0.1) is 6.92 Å². The molecule has 0 unspecified atom stereocenters. The second kappa shape index (κ2) is 8.55. The molecule has 2 aliphatic heterocycles. The van der Waals surface area contributed by atoms with Crippen LogP contribution in [0.1, 0.15) is 11.1 Å². The van der Waals surface area contributed by atoms with Gasteiger partial charge in [-0.1, -0.05) is 17.7 Å². The van der Waals surface area contributed by atoms with Crippen molar-refractivity contribution < 1.29 is 14.3 Å². The van der Waals surface area contributed by atoms with Gasteiger partial charge < -0.3 is 9.64 Å². The van der Waals surface area contributed by atoms with E-state index in [0.29, 0.717) is 23.9 Å². The molecule has 2 aliphatic rings. The van der Waals surface area contributed by atoms with Gasteiger partial charge in [0.1, 0.15) is 5.57 Å². The van der Waals surface area contributed by atoms with Gasteiger partial charge in [0.2, 0.25) is 0 Å². The predicted octanol–water partition coefficient (Wildman–Crippen LogP) is 3.32. The highest BCUT2D eigenvalue weighted by molar-refractivity contribution is 7.80. The summed E-state index contributed by atoms with van der Waals surface area (Å²) in [7, 11) is 0. The fourth-order valence-electron chi connectivity index (χ4n) is 3.48. The number of aryl methyl sites for hydroxylation is 1. The van der Waals surface area contributed by atoms with Crippen LogP contribution < -0.4 is 15.1 Å². The molecule has 2 aromatic rings. The van der Waals surface area contributed by atoms with Crippen molar-refractivity contribution >= 4 is 58.2 Å². The van der Waals surface area contributed by atoms with Gasteiger partial charge in [-0.25, -0.2) is 0 Å². The van der Waals surface area contributed by atoms with Crippen LogP contribution in [0.25, 0.3) is 6.08 Å². The lowest BCUT2D eigenvalue weighted by Gasteiger charge is -2.30. The highest BCUT2D eigenvalue weighted by Gasteiger charge is 2.34. The van der Waals surface area contributed by atoms with Crippen LogP contribution in [-0.4, -0.2) is 43.2 Å². The molecule has 6 nitrogen and oxygen atoms in total. The molecule has 2 heterocycles. The Labute approximate surface area is 185 Å². The van der Waals surface area contributed by atoms with Gasteiger partial charge in [-0.3, -0.25) is 19.8 Å². The molecule has 2 amide bonds. The molecule has 2 saturated heterocycles. The Balaban J connectivity index is 1.64. The number of anilines is 2. The Hall–Kier alpha value is -2.74. The third-order valence-electron chi connectivity index (χ3n) is 5.12. The first-order valence-corrected chi connectivity index (χ1v) is 10.3. The van der Waals surface area contributed by atoms with Crippen molar-refractivity contribution in [2.24, 2.45) is 0 Å². The maximum atomic E-state index is 13.1. The number of nitrogens with zero attached hydrogens (tertiary/aromatic N) is 2. The number of halogens is 1. The van der Waals surface area contributed by atoms with E-state index in [1.165, 1.54) is 4.90 Å². The van der Waals surface area contributed by atoms with Crippen LogP contribution in [0.15, 0.2) is 48.0 Å². The summed E-state index contributed by atoms with van der Waals surface area (Å²) in [6, 6.07) is 12.7. The number of amides is 2. The van der Waals surface area contributed by atoms with Crippen molar-refractivity contribution in [3.05, 3.63) is 64.2 Å². The standard InChI is InChI=1S/C22H20ClN3O3S/c1-14-12-18(25-8-10-29-11-9-25)5-2-15(14)13-19-20(27)24-22(30)26(21(19)28)17-6-3-16(23)4-7-17/h2-7,12-13H,8-11H2,1H3,(H,24,27,30)/b19-13+. The summed E-state index contributed by atoms with van der Waals surface area (Å²) in [5.74, 6) is -0.977. The number of ether oxygens (including phenoxy) is 1. The third-order valence-corrected chi connectivity index (χ3v) is 5.65. The molecule has 30 heavy (non-hydrogen) atoms. The molecule has 1 N–H and O–H groups in total. The Morgan fingerprint density at radius 1 is 1.07 bits per heavy atom. The number of morpholine rings is 1. The predicted molar refractivity (Wildman–Crippen MR) is 122 cm³/mol. The molecule has 0 aromatic heterocycles. The lowest BCUT2D eigenvalue weighted by molar-refractivity contribution is -0.122. The van der Waals surface area contributed by atoms with Crippen molar-refractivity contribution in [3.8, 4) is 0 Å². The lowest BCUT2D eigenvalue weighted by atomic mass is 10.0. The smallest absolute Gasteiger partial charge is 0.270 e. The molecule has 154 valence electrons. The second-order valence-corrected chi connectivity index (χ2v) is 7.90. The van der Waals surface area contributed by atoms with Crippen LogP contribution in [-0.2, 0) is 14.3 Å². The maximum absolute atomic E-state index is 13.1. The zero-order valence-electron chi connectivity index (χ0n) is 16.4. The number of benzene rings is 2. The lowest BCUT2D eigenvalue weighted by Crippen LogP contribution is -2.54. The van der Waals surface area contributed by atoms with Crippen LogP contribution in [0.3, 0.4) is 0 Å². The molecular weight excluding hydrogens is 422 g/mol. The first-order chi connectivity index (χ1) is 14.4. The SMILES string of the molecule is Cc1cc(N2CCOCC2)ccc1/C=C1\C(=O)NC(=S)N(c2ccc(Cl)cc2)C1=O. The topological polar surface area (TPSA) is 61.9 Å². The van der Waals surface area contributed by atoms with E-state index in [1.807, 2.05) is 19.1 Å². The summed E-state index contributed by atoms with van der Waals surface area (Å²) >= 11 is 11.2. The van der Waals surface area contributed by atoms with E-state index in [-0.39, 0.29) is 10.7 Å². The molecular formula is C22H20ClN3O3S. The van der Waals surface area contributed by atoms with E-state index in [1.54, 1.807) is 30.3 Å². The number of carbonyl (C=O) groups excluding carboxylic acids is 2. The zero-order valence-corrected chi connectivity index (χ0v) is 17.9. The minimum atomic E-state index is -0.508. The summed E-state index contributed by atoms with van der Waals surface area (Å²) < 4.78 is 5.41. The van der Waals surface area contributed by atoms with E-state index >= 15 is 0 Å². The second-order valence-electron chi connectivity index (χ2n) is 7.07. The Bertz CT molecular complexity index is 1050. The normalized spacial score (nSPS) is 18.7. The van der Waals surface area contributed by atoms with Crippen molar-refractivity contribution in [1.82, 2.24) is 5.32 Å². The van der Waals surface area contributed by atoms with E-state index in [2.05, 4.69) is 16.3 Å². The fourth-order valence-corrected chi connectivity index (χ4v) is 3.88. The minimum Gasteiger partial charge on any atom is -0.378 e. The molecule has 0 radical (unpaired) electrons. The van der Waals surface area contributed by atoms with Gasteiger partial charge in [-0.15, -0.1) is 0 Å². The molecule has 2 aromatic carbocycles. The zero-order chi connectivity index (χ0) is 21.3. The Kier molecular flexibility index (Phi) is 5.85. The minimum absolute atomic E-state index is 0.0285. The van der Waals surface area contributed by atoms with E-state index < -0.39 is 11.8 Å². The maximum Gasteiger partial charge on any atom is 0.270 e. The first kappa shape index (κ1) is 20.5. The fraction of sp³-hybridized carbons (Fsp3) is 0.227. The summed E-state index contributed by atoms with van der Waals surface area (Å²) in [5.41, 5.74) is 3.44. The molecule has 0 saturated carbocycles. The number of hydrogen-bond donors (Lipinski definition) is 1. The summed E-state index contributed by atoms with van der Waals surface area (Å²) in [6.07, 6.45) is 1.61. The Morgan fingerprint density at radius 3 is 2.40 bits per heavy atom. The van der Waals surface area contributed by atoms with Crippen LogP contribution in [0.4, 0.5) is 11.4 Å². The Morgan fingerprint density at radius 2 is 1.73 bits per heavy atom. The van der Waals surface area contributed by atoms with Crippen molar-refractivity contribution in [1.29, 1.82) is 0 Å². The molecule has 0 atom stereocenters. The molecule has 0 aliphatic carbocycles. The van der Waals surface area contributed by atoms with Gasteiger partial charge in [0.15, 0.2) is 5.11 Å². The quantitative estimate of drug-likeness (QED) is 0.450. The molecule has 8 heteroatoms. The van der Waals surface area contributed by atoms with Gasteiger partial charge in [-0.2, -0.15) is 0 Å². The monoisotopic (exact) mass is 441 g/mol. The average molecular weight is 442 g/mol. The van der Waals surface area contributed by atoms with Gasteiger partial charge in [0, 0.05) is 23.8 Å². The van der Waals surface area contributed by atoms with Gasteiger partial charge >= 0.3 is 0 Å². The van der Waals surface area contributed by atoms with Crippen molar-refractivity contribution in [2.75, 3.05) is 36.1 Å². The van der Waals surface area contributed by atoms with E-state index in [4.69, 9.17) is 28.6 Å². The van der Waals surface area contributed by atoms with Crippen LogP contribution in [0.5, 0.6) is 0 Å². The number of rotatable bonds is 3. The number of carbonyl (C=O) groups is 2. The number of thiocarbonyl (C=S) groups is 1. The molecule has 4 rings (SSSR count). The largest absolute Gasteiger partial charge is 0.378 e. The molecule has 2 fully saturated rings. The van der Waals surface area contributed by atoms with Gasteiger partial charge in [0.25, 0.3) is 11.8 Å². The highest BCUT2D eigenvalue weighted by atomic mass is 35.5. The average Bonchev–Trinajstić information content (AvgIpc) is 2.74. The van der Waals surface area contributed by atoms with Crippen molar-refractivity contribution in [2.45, 2.75) is 6.92 Å². The van der Waals surface area contributed by atoms with E-state index in [9.17, 15) is 9.59 Å². The van der Waals surface area contributed by atoms with Gasteiger partial charge in [-0.05, 0) is 72.7 Å². The number of nitrogens with one attached hydrogen (secondary N) is 1. The summed E-state index contributed by atoms with van der Waals surface area (Å²) in [6.45, 7) is 5.06. The number of hydrogen-bond acceptors (Lipinski definition) is 5. The van der Waals surface area contributed by atoms with Crippen LogP contribution >= 0.6 is 23.8 Å². The molecule has 0 spiro atoms. The van der Waals surface area contributed by atoms with Crippen molar-refractivity contribution in [3.63, 3.8) is 0 Å². The third kappa shape index (κ3) is 4.09. The highest BCUT2D eigenvalue weighted by Crippen LogP contribution is 2.26. The summed E-state index contributed by atoms with van der Waals surface area (Å²) in [4.78, 5) is 29.2.